The van der Waals surface area contributed by atoms with Crippen LogP contribution in [0.2, 0.25) is 0 Å². The molecular weight excluding hydrogens is 274 g/mol. The SMILES string of the molecule is Oc1cc(Cc2ccccc2)ccc1OCCN1CCCC1. The molecule has 3 heteroatoms. The summed E-state index contributed by atoms with van der Waals surface area (Å²) in [6.07, 6.45) is 3.40. The number of benzene rings is 2. The Labute approximate surface area is 132 Å². The molecule has 0 atom stereocenters. The molecule has 1 saturated heterocycles. The van der Waals surface area contributed by atoms with Gasteiger partial charge in [-0.1, -0.05) is 36.4 Å². The maximum absolute atomic E-state index is 10.1. The number of rotatable bonds is 6. The van der Waals surface area contributed by atoms with Crippen molar-refractivity contribution in [2.75, 3.05) is 26.2 Å². The lowest BCUT2D eigenvalue weighted by molar-refractivity contribution is 0.231. The van der Waals surface area contributed by atoms with E-state index >= 15 is 0 Å². The zero-order chi connectivity index (χ0) is 15.2. The summed E-state index contributed by atoms with van der Waals surface area (Å²) in [4.78, 5) is 2.40. The van der Waals surface area contributed by atoms with E-state index in [4.69, 9.17) is 4.74 Å². The molecule has 116 valence electrons. The fourth-order valence-corrected chi connectivity index (χ4v) is 2.92. The van der Waals surface area contributed by atoms with Gasteiger partial charge in [0.25, 0.3) is 0 Å². The van der Waals surface area contributed by atoms with E-state index in [0.29, 0.717) is 12.4 Å². The monoisotopic (exact) mass is 297 g/mol. The van der Waals surface area contributed by atoms with E-state index in [1.807, 2.05) is 30.3 Å². The van der Waals surface area contributed by atoms with Gasteiger partial charge in [0.2, 0.25) is 0 Å². The second-order valence-corrected chi connectivity index (χ2v) is 5.86. The Balaban J connectivity index is 1.55. The smallest absolute Gasteiger partial charge is 0.160 e. The van der Waals surface area contributed by atoms with E-state index in [0.717, 1.165) is 18.5 Å². The number of hydrogen-bond donors (Lipinski definition) is 1. The maximum atomic E-state index is 10.1. The number of hydrogen-bond acceptors (Lipinski definition) is 3. The first-order valence-electron chi connectivity index (χ1n) is 8.02. The fraction of sp³-hybridized carbons (Fsp3) is 0.368. The molecule has 1 heterocycles. The molecule has 3 nitrogen and oxygen atoms in total. The summed E-state index contributed by atoms with van der Waals surface area (Å²) in [5, 5.41) is 10.1. The Morgan fingerprint density at radius 3 is 2.45 bits per heavy atom. The number of nitrogens with zero attached hydrogens (tertiary/aromatic N) is 1. The Hall–Kier alpha value is -2.00. The van der Waals surface area contributed by atoms with Crippen LogP contribution in [0.4, 0.5) is 0 Å². The van der Waals surface area contributed by atoms with Gasteiger partial charge < -0.3 is 9.84 Å². The minimum absolute atomic E-state index is 0.231. The van der Waals surface area contributed by atoms with Crippen molar-refractivity contribution in [2.45, 2.75) is 19.3 Å². The normalized spacial score (nSPS) is 15.1. The van der Waals surface area contributed by atoms with Gasteiger partial charge in [-0.3, -0.25) is 4.90 Å². The summed E-state index contributed by atoms with van der Waals surface area (Å²) in [5.74, 6) is 0.811. The molecule has 1 fully saturated rings. The molecule has 0 bridgehead atoms. The largest absolute Gasteiger partial charge is 0.504 e. The van der Waals surface area contributed by atoms with Gasteiger partial charge >= 0.3 is 0 Å². The van der Waals surface area contributed by atoms with Crippen LogP contribution < -0.4 is 4.74 Å². The van der Waals surface area contributed by atoms with Crippen LogP contribution in [0.3, 0.4) is 0 Å². The molecule has 0 aromatic heterocycles. The molecule has 1 aliphatic heterocycles. The molecule has 0 saturated carbocycles. The second-order valence-electron chi connectivity index (χ2n) is 5.86. The average Bonchev–Trinajstić information content (AvgIpc) is 3.04. The van der Waals surface area contributed by atoms with E-state index < -0.39 is 0 Å². The molecule has 2 aromatic carbocycles. The van der Waals surface area contributed by atoms with Crippen molar-refractivity contribution in [1.82, 2.24) is 4.90 Å². The Kier molecular flexibility index (Phi) is 4.96. The van der Waals surface area contributed by atoms with Crippen LogP contribution in [-0.2, 0) is 6.42 Å². The molecular formula is C19H23NO2. The van der Waals surface area contributed by atoms with Crippen molar-refractivity contribution in [3.63, 3.8) is 0 Å². The predicted octanol–water partition coefficient (Wildman–Crippen LogP) is 3.46. The van der Waals surface area contributed by atoms with Crippen LogP contribution in [0.15, 0.2) is 48.5 Å². The van der Waals surface area contributed by atoms with E-state index in [2.05, 4.69) is 17.0 Å². The molecule has 1 aliphatic rings. The lowest BCUT2D eigenvalue weighted by atomic mass is 10.0. The number of phenolic OH excluding ortho intramolecular Hbond substituents is 1. The van der Waals surface area contributed by atoms with Crippen molar-refractivity contribution < 1.29 is 9.84 Å². The van der Waals surface area contributed by atoms with Gasteiger partial charge in [-0.2, -0.15) is 0 Å². The highest BCUT2D eigenvalue weighted by molar-refractivity contribution is 5.43. The van der Waals surface area contributed by atoms with Crippen LogP contribution in [0, 0.1) is 0 Å². The predicted molar refractivity (Wildman–Crippen MR) is 88.5 cm³/mol. The summed E-state index contributed by atoms with van der Waals surface area (Å²) in [7, 11) is 0. The molecule has 0 amide bonds. The minimum atomic E-state index is 0.231. The Bertz CT molecular complexity index is 592. The molecule has 2 aromatic rings. The highest BCUT2D eigenvalue weighted by atomic mass is 16.5. The van der Waals surface area contributed by atoms with Crippen LogP contribution in [-0.4, -0.2) is 36.2 Å². The van der Waals surface area contributed by atoms with E-state index in [1.54, 1.807) is 6.07 Å². The zero-order valence-corrected chi connectivity index (χ0v) is 12.9. The topological polar surface area (TPSA) is 32.7 Å². The molecule has 22 heavy (non-hydrogen) atoms. The van der Waals surface area contributed by atoms with Crippen molar-refractivity contribution in [3.8, 4) is 11.5 Å². The van der Waals surface area contributed by atoms with Gasteiger partial charge in [0, 0.05) is 6.54 Å². The van der Waals surface area contributed by atoms with E-state index in [-0.39, 0.29) is 5.75 Å². The van der Waals surface area contributed by atoms with Crippen LogP contribution in [0.5, 0.6) is 11.5 Å². The second kappa shape index (κ2) is 7.32. The van der Waals surface area contributed by atoms with Gasteiger partial charge in [-0.05, 0) is 55.6 Å². The summed E-state index contributed by atoms with van der Waals surface area (Å²) < 4.78 is 5.71. The number of phenols is 1. The lowest BCUT2D eigenvalue weighted by Crippen LogP contribution is -2.25. The standard InChI is InChI=1S/C19H23NO2/c21-18-15-17(14-16-6-2-1-3-7-16)8-9-19(18)22-13-12-20-10-4-5-11-20/h1-3,6-9,15,21H,4-5,10-14H2. The van der Waals surface area contributed by atoms with Crippen molar-refractivity contribution in [3.05, 3.63) is 59.7 Å². The van der Waals surface area contributed by atoms with Gasteiger partial charge in [0.05, 0.1) is 0 Å². The maximum Gasteiger partial charge on any atom is 0.160 e. The Morgan fingerprint density at radius 2 is 1.73 bits per heavy atom. The summed E-state index contributed by atoms with van der Waals surface area (Å²) in [5.41, 5.74) is 2.33. The van der Waals surface area contributed by atoms with Crippen LogP contribution in [0.1, 0.15) is 24.0 Å². The molecule has 0 spiro atoms. The van der Waals surface area contributed by atoms with Gasteiger partial charge in [0.1, 0.15) is 6.61 Å². The number of ether oxygens (including phenoxy) is 1. The summed E-state index contributed by atoms with van der Waals surface area (Å²) in [6, 6.07) is 16.0. The third kappa shape index (κ3) is 4.01. The van der Waals surface area contributed by atoms with Crippen molar-refractivity contribution in [1.29, 1.82) is 0 Å². The van der Waals surface area contributed by atoms with Crippen molar-refractivity contribution in [2.24, 2.45) is 0 Å². The average molecular weight is 297 g/mol. The van der Waals surface area contributed by atoms with E-state index in [1.165, 1.54) is 31.5 Å². The third-order valence-electron chi connectivity index (χ3n) is 4.14. The molecule has 0 radical (unpaired) electrons. The zero-order valence-electron chi connectivity index (χ0n) is 12.9. The fourth-order valence-electron chi connectivity index (χ4n) is 2.92. The van der Waals surface area contributed by atoms with Gasteiger partial charge in [0.15, 0.2) is 11.5 Å². The van der Waals surface area contributed by atoms with Crippen LogP contribution >= 0.6 is 0 Å². The van der Waals surface area contributed by atoms with E-state index in [9.17, 15) is 5.11 Å². The highest BCUT2D eigenvalue weighted by Gasteiger charge is 2.11. The summed E-state index contributed by atoms with van der Waals surface area (Å²) in [6.45, 7) is 3.91. The minimum Gasteiger partial charge on any atom is -0.504 e. The summed E-state index contributed by atoms with van der Waals surface area (Å²) >= 11 is 0. The molecule has 0 aliphatic carbocycles. The molecule has 3 rings (SSSR count). The first-order chi connectivity index (χ1) is 10.8. The number of likely N-dealkylation sites (tertiary alicyclic amines) is 1. The first-order valence-corrected chi connectivity index (χ1v) is 8.02. The van der Waals surface area contributed by atoms with Crippen LogP contribution in [0.25, 0.3) is 0 Å². The lowest BCUT2D eigenvalue weighted by Gasteiger charge is -2.15. The molecule has 1 N–H and O–H groups in total. The quantitative estimate of drug-likeness (QED) is 0.886. The Morgan fingerprint density at radius 1 is 0.955 bits per heavy atom. The van der Waals surface area contributed by atoms with Gasteiger partial charge in [-0.25, -0.2) is 0 Å². The van der Waals surface area contributed by atoms with Crippen molar-refractivity contribution >= 4 is 0 Å². The third-order valence-corrected chi connectivity index (χ3v) is 4.14. The first kappa shape index (κ1) is 14.9. The molecule has 0 unspecified atom stereocenters. The van der Waals surface area contributed by atoms with Gasteiger partial charge in [-0.15, -0.1) is 0 Å². The number of aromatic hydroxyl groups is 1. The highest BCUT2D eigenvalue weighted by Crippen LogP contribution is 2.27.